The summed E-state index contributed by atoms with van der Waals surface area (Å²) in [6.45, 7) is 1.56. The Morgan fingerprint density at radius 1 is 1.62 bits per heavy atom. The Labute approximate surface area is 151 Å². The van der Waals surface area contributed by atoms with Crippen molar-refractivity contribution in [1.29, 1.82) is 0 Å². The van der Waals surface area contributed by atoms with Gasteiger partial charge < -0.3 is 15.1 Å². The third kappa shape index (κ3) is 2.80. The van der Waals surface area contributed by atoms with E-state index in [1.54, 1.807) is 13.1 Å². The summed E-state index contributed by atoms with van der Waals surface area (Å²) >= 11 is 2.71. The number of carboxylic acid groups (broad SMARTS) is 1. The molecule has 2 aliphatic heterocycles. The molecule has 0 spiro atoms. The van der Waals surface area contributed by atoms with Gasteiger partial charge >= 0.3 is 5.97 Å². The van der Waals surface area contributed by atoms with Crippen LogP contribution in [0.25, 0.3) is 0 Å². The van der Waals surface area contributed by atoms with Crippen molar-refractivity contribution in [3.63, 3.8) is 0 Å². The number of rotatable bonds is 4. The number of carbonyl (C=O) groups excluding carboxylic acids is 1. The summed E-state index contributed by atoms with van der Waals surface area (Å²) in [4.78, 5) is 29.5. The number of β-lactam (4-membered cyclic amide) rings is 1. The van der Waals surface area contributed by atoms with Gasteiger partial charge in [0, 0.05) is 52.5 Å². The number of aliphatic hydroxyl groups excluding tert-OH is 1. The fraction of sp³-hybridized carbons (Fsp3) is 0.417. The first-order valence-corrected chi connectivity index (χ1v) is 7.75. The van der Waals surface area contributed by atoms with E-state index in [-0.39, 0.29) is 47.2 Å². The van der Waals surface area contributed by atoms with Gasteiger partial charge in [-0.05, 0) is 6.92 Å². The number of hydrogen-bond donors (Lipinski definition) is 2. The van der Waals surface area contributed by atoms with Gasteiger partial charge in [0.15, 0.2) is 4.34 Å². The van der Waals surface area contributed by atoms with E-state index in [0.29, 0.717) is 11.3 Å². The number of amides is 1. The Morgan fingerprint density at radius 3 is 2.86 bits per heavy atom. The second-order valence-corrected chi connectivity index (χ2v) is 6.96. The maximum Gasteiger partial charge on any atom is 0.353 e. The van der Waals surface area contributed by atoms with Gasteiger partial charge in [0.2, 0.25) is 5.91 Å². The number of aliphatic carboxylic acids is 1. The van der Waals surface area contributed by atoms with Gasteiger partial charge in [0.25, 0.3) is 0 Å². The molecule has 0 saturated carbocycles. The molecule has 0 bridgehead atoms. The molecule has 0 unspecified atom stereocenters. The monoisotopic (exact) mass is 335 g/mol. The molecule has 2 N–H and O–H groups in total. The van der Waals surface area contributed by atoms with Crippen LogP contribution in [-0.2, 0) is 9.59 Å². The van der Waals surface area contributed by atoms with Gasteiger partial charge in [0.1, 0.15) is 5.70 Å². The molecule has 1 aromatic heterocycles. The van der Waals surface area contributed by atoms with Gasteiger partial charge in [-0.1, -0.05) is 11.8 Å². The van der Waals surface area contributed by atoms with Gasteiger partial charge in [0.05, 0.1) is 18.1 Å². The fourth-order valence-corrected chi connectivity index (χ4v) is 4.57. The molecule has 2 aliphatic rings. The van der Waals surface area contributed by atoms with Crippen LogP contribution in [0.2, 0.25) is 0 Å². The summed E-state index contributed by atoms with van der Waals surface area (Å²) in [5, 5.41) is 20.8. The molecule has 1 aromatic rings. The SMILES string of the molecule is C[C@@H](O)[C@H]1C(=O)N2C(C(=O)O)=C(Sc3nccs3)C[C@H]12.[Na]. The van der Waals surface area contributed by atoms with E-state index in [1.165, 1.54) is 28.0 Å². The molecule has 1 amide bonds. The Kier molecular flexibility index (Phi) is 5.17. The molecule has 0 aromatic carbocycles. The Morgan fingerprint density at radius 2 is 2.33 bits per heavy atom. The standard InChI is InChI=1S/C12H12N2O4S2.Na/c1-5(15)8-6-4-7(20-12-13-2-3-19-12)9(11(17)18)14(6)10(8)16;/h2-3,5-6,8,15H,4H2,1H3,(H,17,18);/t5-,6-,8-;/m1./s1. The van der Waals surface area contributed by atoms with E-state index in [0.717, 1.165) is 4.34 Å². The van der Waals surface area contributed by atoms with E-state index in [2.05, 4.69) is 4.98 Å². The van der Waals surface area contributed by atoms with Crippen molar-refractivity contribution < 1.29 is 19.8 Å². The second kappa shape index (κ2) is 6.39. The number of nitrogens with zero attached hydrogens (tertiary/aromatic N) is 2. The quantitative estimate of drug-likeness (QED) is 0.624. The summed E-state index contributed by atoms with van der Waals surface area (Å²) in [6, 6.07) is -0.240. The predicted octanol–water partition coefficient (Wildman–Crippen LogP) is 0.762. The molecule has 6 nitrogen and oxygen atoms in total. The summed E-state index contributed by atoms with van der Waals surface area (Å²) in [5.74, 6) is -1.92. The first-order valence-electron chi connectivity index (χ1n) is 6.05. The number of thioether (sulfide) groups is 1. The van der Waals surface area contributed by atoms with Crippen LogP contribution in [0.4, 0.5) is 0 Å². The molecule has 1 saturated heterocycles. The summed E-state index contributed by atoms with van der Waals surface area (Å²) < 4.78 is 0.752. The van der Waals surface area contributed by atoms with Crippen molar-refractivity contribution in [2.45, 2.75) is 29.8 Å². The van der Waals surface area contributed by atoms with Crippen LogP contribution in [0.3, 0.4) is 0 Å². The van der Waals surface area contributed by atoms with Crippen LogP contribution < -0.4 is 0 Å². The summed E-state index contributed by atoms with van der Waals surface area (Å²) in [5.41, 5.74) is 0.0390. The minimum Gasteiger partial charge on any atom is -0.477 e. The maximum atomic E-state index is 12.0. The predicted molar refractivity (Wildman–Crippen MR) is 78.8 cm³/mol. The third-order valence-electron chi connectivity index (χ3n) is 3.51. The number of aromatic nitrogens is 1. The van der Waals surface area contributed by atoms with Gasteiger partial charge in [-0.3, -0.25) is 4.79 Å². The van der Waals surface area contributed by atoms with Gasteiger partial charge in [-0.2, -0.15) is 0 Å². The minimum atomic E-state index is -1.11. The summed E-state index contributed by atoms with van der Waals surface area (Å²) in [6.07, 6.45) is 1.36. The van der Waals surface area contributed by atoms with Crippen molar-refractivity contribution in [2.24, 2.45) is 5.92 Å². The zero-order valence-corrected chi connectivity index (χ0v) is 15.1. The van der Waals surface area contributed by atoms with Crippen molar-refractivity contribution >= 4 is 64.5 Å². The zero-order chi connectivity index (χ0) is 14.4. The molecule has 9 heteroatoms. The van der Waals surface area contributed by atoms with E-state index in [1.807, 2.05) is 5.38 Å². The topological polar surface area (TPSA) is 90.7 Å². The van der Waals surface area contributed by atoms with Crippen LogP contribution in [0.1, 0.15) is 13.3 Å². The normalized spacial score (nSPS) is 25.2. The molecule has 1 radical (unpaired) electrons. The number of hydrogen-bond acceptors (Lipinski definition) is 6. The molecule has 21 heavy (non-hydrogen) atoms. The number of carboxylic acids is 1. The second-order valence-electron chi connectivity index (χ2n) is 4.72. The van der Waals surface area contributed by atoms with Crippen molar-refractivity contribution in [1.82, 2.24) is 9.88 Å². The largest absolute Gasteiger partial charge is 0.477 e. The smallest absolute Gasteiger partial charge is 0.353 e. The molecule has 3 atom stereocenters. The van der Waals surface area contributed by atoms with Gasteiger partial charge in [-0.15, -0.1) is 11.3 Å². The maximum absolute atomic E-state index is 12.0. The van der Waals surface area contributed by atoms with Crippen LogP contribution in [0.5, 0.6) is 0 Å². The van der Waals surface area contributed by atoms with Crippen molar-refractivity contribution in [3.8, 4) is 0 Å². The zero-order valence-electron chi connectivity index (χ0n) is 11.5. The number of carbonyl (C=O) groups is 2. The fourth-order valence-electron chi connectivity index (χ4n) is 2.69. The molecule has 3 heterocycles. The Hall–Kier alpha value is -0.380. The molecular weight excluding hydrogens is 323 g/mol. The van der Waals surface area contributed by atoms with Crippen LogP contribution >= 0.6 is 23.1 Å². The Bertz CT molecular complexity index is 602. The van der Waals surface area contributed by atoms with Crippen molar-refractivity contribution in [3.05, 3.63) is 22.2 Å². The van der Waals surface area contributed by atoms with Crippen molar-refractivity contribution in [2.75, 3.05) is 0 Å². The third-order valence-corrected chi connectivity index (χ3v) is 5.50. The van der Waals surface area contributed by atoms with Crippen LogP contribution in [0.15, 0.2) is 26.5 Å². The van der Waals surface area contributed by atoms with E-state index in [4.69, 9.17) is 0 Å². The first kappa shape index (κ1) is 17.0. The minimum absolute atomic E-state index is 0. The molecular formula is C12H12N2NaO4S2. The molecule has 3 rings (SSSR count). The molecule has 1 fully saturated rings. The number of fused-ring (bicyclic) bond motifs is 1. The average Bonchev–Trinajstić information content (AvgIpc) is 2.95. The van der Waals surface area contributed by atoms with Gasteiger partial charge in [-0.25, -0.2) is 9.78 Å². The first-order chi connectivity index (χ1) is 9.50. The van der Waals surface area contributed by atoms with E-state index >= 15 is 0 Å². The van der Waals surface area contributed by atoms with Crippen LogP contribution in [-0.4, -0.2) is 73.7 Å². The van der Waals surface area contributed by atoms with E-state index in [9.17, 15) is 19.8 Å². The van der Waals surface area contributed by atoms with Crippen LogP contribution in [0, 0.1) is 5.92 Å². The Balaban J connectivity index is 0.00000161. The average molecular weight is 335 g/mol. The van der Waals surface area contributed by atoms with E-state index < -0.39 is 18.0 Å². The number of aliphatic hydroxyl groups is 1. The molecule has 0 aliphatic carbocycles. The number of thiazole rings is 1. The summed E-state index contributed by atoms with van der Waals surface area (Å²) in [7, 11) is 0. The molecule has 107 valence electrons.